The predicted molar refractivity (Wildman–Crippen MR) is 107 cm³/mol. The molecule has 1 N–H and O–H groups in total. The summed E-state index contributed by atoms with van der Waals surface area (Å²) in [5.74, 6) is 3.33. The summed E-state index contributed by atoms with van der Waals surface area (Å²) in [4.78, 5) is 3.74. The molecular formula is C23H27ClN2O2. The van der Waals surface area contributed by atoms with Gasteiger partial charge in [0.25, 0.3) is 5.82 Å². The molecule has 2 aromatic carbocycles. The van der Waals surface area contributed by atoms with Gasteiger partial charge in [0, 0.05) is 18.4 Å². The van der Waals surface area contributed by atoms with Crippen molar-refractivity contribution in [3.63, 3.8) is 0 Å². The van der Waals surface area contributed by atoms with E-state index in [1.54, 1.807) is 14.2 Å². The summed E-state index contributed by atoms with van der Waals surface area (Å²) in [5, 5.41) is 0. The lowest BCUT2D eigenvalue weighted by molar-refractivity contribution is -0.675. The zero-order valence-corrected chi connectivity index (χ0v) is 17.6. The lowest BCUT2D eigenvalue weighted by Gasteiger charge is -2.19. The maximum Gasteiger partial charge on any atom is 0.287 e. The largest absolute Gasteiger partial charge is 1.00 e. The Morgan fingerprint density at radius 2 is 1.71 bits per heavy atom. The third-order valence-electron chi connectivity index (χ3n) is 5.22. The fraction of sp³-hybridized carbons (Fsp3) is 0.348. The number of aromatic nitrogens is 2. The Morgan fingerprint density at radius 3 is 2.36 bits per heavy atom. The van der Waals surface area contributed by atoms with E-state index in [4.69, 9.17) is 9.47 Å². The second-order valence-electron chi connectivity index (χ2n) is 7.53. The second kappa shape index (κ2) is 8.27. The first kappa shape index (κ1) is 20.3. The standard InChI is InChI=1S/C23H26N2O2.ClH/c1-15(2)12-19-22-18-14-21(27-4)20(26-3)13-17(18)10-11-25(22)23(24-19)16-8-6-5-7-9-16;/h5-9,13-15H,10-12H2,1-4H3;1H. The van der Waals surface area contributed by atoms with Crippen LogP contribution in [0.25, 0.3) is 22.6 Å². The van der Waals surface area contributed by atoms with E-state index >= 15 is 0 Å². The molecule has 0 unspecified atom stereocenters. The number of aromatic amines is 1. The third-order valence-corrected chi connectivity index (χ3v) is 5.22. The summed E-state index contributed by atoms with van der Waals surface area (Å²) in [6.45, 7) is 5.48. The minimum absolute atomic E-state index is 0. The molecule has 0 radical (unpaired) electrons. The van der Waals surface area contributed by atoms with Gasteiger partial charge in [0.2, 0.25) is 0 Å². The average Bonchev–Trinajstić information content (AvgIpc) is 3.05. The highest BCUT2D eigenvalue weighted by Crippen LogP contribution is 2.39. The Hall–Kier alpha value is -2.46. The Labute approximate surface area is 172 Å². The fourth-order valence-electron chi connectivity index (χ4n) is 4.04. The van der Waals surface area contributed by atoms with Gasteiger partial charge in [-0.2, -0.15) is 0 Å². The summed E-state index contributed by atoms with van der Waals surface area (Å²) in [7, 11) is 3.39. The molecule has 0 amide bonds. The second-order valence-corrected chi connectivity index (χ2v) is 7.53. The molecule has 148 valence electrons. The number of fused-ring (bicyclic) bond motifs is 3. The Morgan fingerprint density at radius 1 is 1.04 bits per heavy atom. The van der Waals surface area contributed by atoms with Crippen molar-refractivity contribution < 1.29 is 26.4 Å². The number of halogens is 1. The minimum atomic E-state index is 0. The zero-order chi connectivity index (χ0) is 19.0. The van der Waals surface area contributed by atoms with E-state index < -0.39 is 0 Å². The summed E-state index contributed by atoms with van der Waals surface area (Å²) >= 11 is 0. The molecule has 3 aromatic rings. The quantitative estimate of drug-likeness (QED) is 0.660. The molecule has 1 aliphatic heterocycles. The average molecular weight is 399 g/mol. The first-order chi connectivity index (χ1) is 13.1. The van der Waals surface area contributed by atoms with Gasteiger partial charge in [0.1, 0.15) is 5.69 Å². The van der Waals surface area contributed by atoms with Crippen LogP contribution in [0.5, 0.6) is 11.5 Å². The predicted octanol–water partition coefficient (Wildman–Crippen LogP) is 1.41. The van der Waals surface area contributed by atoms with Crippen molar-refractivity contribution in [3.8, 4) is 34.1 Å². The highest BCUT2D eigenvalue weighted by atomic mass is 35.5. The van der Waals surface area contributed by atoms with Crippen molar-refractivity contribution in [1.82, 2.24) is 4.98 Å². The first-order valence-electron chi connectivity index (χ1n) is 9.57. The fourth-order valence-corrected chi connectivity index (χ4v) is 4.04. The van der Waals surface area contributed by atoms with Gasteiger partial charge in [-0.15, -0.1) is 0 Å². The number of hydrogen-bond acceptors (Lipinski definition) is 2. The number of rotatable bonds is 5. The molecule has 1 aromatic heterocycles. The van der Waals surface area contributed by atoms with Gasteiger partial charge in [0.15, 0.2) is 17.2 Å². The summed E-state index contributed by atoms with van der Waals surface area (Å²) in [5.41, 5.74) is 6.35. The van der Waals surface area contributed by atoms with Crippen molar-refractivity contribution in [2.75, 3.05) is 14.2 Å². The van der Waals surface area contributed by atoms with Crippen LogP contribution in [0.4, 0.5) is 0 Å². The number of imidazole rings is 1. The van der Waals surface area contributed by atoms with Crippen LogP contribution in [0.1, 0.15) is 25.1 Å². The lowest BCUT2D eigenvalue weighted by Crippen LogP contribution is -3.00. The van der Waals surface area contributed by atoms with E-state index in [9.17, 15) is 0 Å². The van der Waals surface area contributed by atoms with Gasteiger partial charge < -0.3 is 21.9 Å². The number of aryl methyl sites for hydroxylation is 1. The molecular weight excluding hydrogens is 372 g/mol. The summed E-state index contributed by atoms with van der Waals surface area (Å²) < 4.78 is 13.5. The Bertz CT molecular complexity index is 964. The molecule has 2 heterocycles. The highest BCUT2D eigenvalue weighted by Gasteiger charge is 2.32. The maximum atomic E-state index is 5.59. The van der Waals surface area contributed by atoms with Crippen LogP contribution in [0.2, 0.25) is 0 Å². The van der Waals surface area contributed by atoms with Gasteiger partial charge in [-0.25, -0.2) is 9.55 Å². The molecule has 0 bridgehead atoms. The molecule has 0 fully saturated rings. The highest BCUT2D eigenvalue weighted by molar-refractivity contribution is 5.71. The molecule has 0 spiro atoms. The number of nitrogens with one attached hydrogen (secondary N) is 1. The minimum Gasteiger partial charge on any atom is -1.00 e. The topological polar surface area (TPSA) is 38.1 Å². The van der Waals surface area contributed by atoms with Crippen molar-refractivity contribution in [2.45, 2.75) is 33.2 Å². The van der Waals surface area contributed by atoms with E-state index in [1.165, 1.54) is 33.9 Å². The van der Waals surface area contributed by atoms with Crippen molar-refractivity contribution >= 4 is 0 Å². The van der Waals surface area contributed by atoms with Gasteiger partial charge in [0.05, 0.1) is 26.3 Å². The maximum absolute atomic E-state index is 5.59. The molecule has 0 saturated heterocycles. The number of methoxy groups -OCH3 is 2. The number of benzene rings is 2. The first-order valence-corrected chi connectivity index (χ1v) is 9.57. The van der Waals surface area contributed by atoms with Crippen LogP contribution in [0.15, 0.2) is 42.5 Å². The molecule has 28 heavy (non-hydrogen) atoms. The molecule has 0 atom stereocenters. The van der Waals surface area contributed by atoms with Gasteiger partial charge in [-0.3, -0.25) is 0 Å². The Kier molecular flexibility index (Phi) is 5.99. The smallest absolute Gasteiger partial charge is 0.287 e. The number of H-pyrrole nitrogens is 1. The summed E-state index contributed by atoms with van der Waals surface area (Å²) in [6, 6.07) is 14.8. The molecule has 0 aliphatic carbocycles. The zero-order valence-electron chi connectivity index (χ0n) is 16.9. The molecule has 4 rings (SSSR count). The van der Waals surface area contributed by atoms with Crippen molar-refractivity contribution in [1.29, 1.82) is 0 Å². The molecule has 1 aliphatic rings. The third kappa shape index (κ3) is 3.49. The van der Waals surface area contributed by atoms with Gasteiger partial charge in [-0.05, 0) is 35.7 Å². The van der Waals surface area contributed by atoms with Crippen LogP contribution < -0.4 is 26.4 Å². The van der Waals surface area contributed by atoms with Crippen LogP contribution in [0, 0.1) is 5.92 Å². The van der Waals surface area contributed by atoms with E-state index in [0.29, 0.717) is 5.92 Å². The monoisotopic (exact) mass is 398 g/mol. The molecule has 4 nitrogen and oxygen atoms in total. The van der Waals surface area contributed by atoms with Crippen molar-refractivity contribution in [3.05, 3.63) is 53.7 Å². The van der Waals surface area contributed by atoms with E-state index in [0.717, 1.165) is 30.9 Å². The van der Waals surface area contributed by atoms with E-state index in [1.807, 2.05) is 0 Å². The molecule has 0 saturated carbocycles. The van der Waals surface area contributed by atoms with Crippen LogP contribution in [-0.4, -0.2) is 19.2 Å². The number of ether oxygens (including phenoxy) is 2. The van der Waals surface area contributed by atoms with E-state index in [-0.39, 0.29) is 12.4 Å². The van der Waals surface area contributed by atoms with Crippen LogP contribution >= 0.6 is 0 Å². The van der Waals surface area contributed by atoms with Gasteiger partial charge in [-0.1, -0.05) is 32.0 Å². The van der Waals surface area contributed by atoms with Crippen LogP contribution in [0.3, 0.4) is 0 Å². The number of hydrogen-bond donors (Lipinski definition) is 1. The van der Waals surface area contributed by atoms with Gasteiger partial charge >= 0.3 is 0 Å². The SMILES string of the molecule is COc1cc2c(cc1OC)-c1c(CC(C)C)[nH]c(-c3ccccc3)[n+]1CC2.[Cl-]. The molecule has 5 heteroatoms. The van der Waals surface area contributed by atoms with E-state index in [2.05, 4.69) is 65.9 Å². The van der Waals surface area contributed by atoms with Crippen molar-refractivity contribution in [2.24, 2.45) is 5.92 Å². The lowest BCUT2D eigenvalue weighted by atomic mass is 9.94. The summed E-state index contributed by atoms with van der Waals surface area (Å²) in [6.07, 6.45) is 1.99. The van der Waals surface area contributed by atoms with Crippen LogP contribution in [-0.2, 0) is 19.4 Å². The normalized spacial score (nSPS) is 12.2. The Balaban J connectivity index is 0.00000225. The number of nitrogens with zero attached hydrogens (tertiary/aromatic N) is 1.